The van der Waals surface area contributed by atoms with Crippen LogP contribution in [-0.4, -0.2) is 11.7 Å². The van der Waals surface area contributed by atoms with E-state index in [0.717, 1.165) is 26.9 Å². The topological polar surface area (TPSA) is 29.5 Å². The molecule has 0 fully saturated rings. The highest BCUT2D eigenvalue weighted by atomic mass is 79.9. The van der Waals surface area contributed by atoms with Crippen molar-refractivity contribution in [2.24, 2.45) is 0 Å². The Labute approximate surface area is 137 Å². The van der Waals surface area contributed by atoms with Gasteiger partial charge in [-0.05, 0) is 51.3 Å². The third-order valence-corrected chi connectivity index (χ3v) is 5.11. The molecule has 0 amide bonds. The number of aliphatic hydroxyl groups is 1. The van der Waals surface area contributed by atoms with Gasteiger partial charge in [0.05, 0.1) is 11.6 Å². The molecule has 0 saturated heterocycles. The number of halogens is 2. The Hall–Kier alpha value is -1.03. The molecule has 1 aliphatic rings. The van der Waals surface area contributed by atoms with Crippen LogP contribution in [0.15, 0.2) is 40.9 Å². The molecule has 1 atom stereocenters. The summed E-state index contributed by atoms with van der Waals surface area (Å²) in [5.41, 5.74) is 2.79. The average molecular weight is 368 g/mol. The van der Waals surface area contributed by atoms with Crippen molar-refractivity contribution in [3.63, 3.8) is 0 Å². The molecule has 2 aromatic rings. The third kappa shape index (κ3) is 2.70. The van der Waals surface area contributed by atoms with E-state index in [1.807, 2.05) is 30.3 Å². The molecule has 110 valence electrons. The van der Waals surface area contributed by atoms with Gasteiger partial charge in [-0.2, -0.15) is 0 Å². The first-order valence-electron chi connectivity index (χ1n) is 6.79. The molecule has 0 radical (unpaired) electrons. The van der Waals surface area contributed by atoms with E-state index in [2.05, 4.69) is 29.8 Å². The predicted molar refractivity (Wildman–Crippen MR) is 88.2 cm³/mol. The van der Waals surface area contributed by atoms with Crippen LogP contribution < -0.4 is 4.74 Å². The number of hydrogen-bond acceptors (Lipinski definition) is 2. The molecule has 1 unspecified atom stereocenters. The van der Waals surface area contributed by atoms with Gasteiger partial charge >= 0.3 is 0 Å². The highest BCUT2D eigenvalue weighted by Crippen LogP contribution is 2.40. The summed E-state index contributed by atoms with van der Waals surface area (Å²) in [6.45, 7) is 4.97. The highest BCUT2D eigenvalue weighted by Gasteiger charge is 2.32. The van der Waals surface area contributed by atoms with Crippen LogP contribution in [0.3, 0.4) is 0 Å². The molecular formula is C17H16BrClO2. The van der Waals surface area contributed by atoms with Gasteiger partial charge in [-0.25, -0.2) is 0 Å². The van der Waals surface area contributed by atoms with Gasteiger partial charge in [0.15, 0.2) is 0 Å². The molecule has 0 aliphatic carbocycles. The molecule has 0 bridgehead atoms. The first kappa shape index (κ1) is 14.9. The monoisotopic (exact) mass is 366 g/mol. The van der Waals surface area contributed by atoms with Crippen LogP contribution in [-0.2, 0) is 5.41 Å². The maximum atomic E-state index is 10.6. The number of fused-ring (bicyclic) bond motifs is 1. The van der Waals surface area contributed by atoms with Gasteiger partial charge in [0.2, 0.25) is 0 Å². The molecule has 1 aliphatic heterocycles. The van der Waals surface area contributed by atoms with E-state index < -0.39 is 6.10 Å². The SMILES string of the molecule is CC1(C)COc2ccc(C(O)c3ccc(Cl)c(Br)c3)cc21. The number of rotatable bonds is 2. The quantitative estimate of drug-likeness (QED) is 0.822. The van der Waals surface area contributed by atoms with Crippen LogP contribution in [0.5, 0.6) is 5.75 Å². The Balaban J connectivity index is 1.99. The van der Waals surface area contributed by atoms with E-state index in [4.69, 9.17) is 16.3 Å². The number of ether oxygens (including phenoxy) is 1. The van der Waals surface area contributed by atoms with Crippen molar-refractivity contribution in [2.45, 2.75) is 25.4 Å². The molecule has 0 spiro atoms. The summed E-state index contributed by atoms with van der Waals surface area (Å²) in [7, 11) is 0. The van der Waals surface area contributed by atoms with E-state index in [1.54, 1.807) is 6.07 Å². The lowest BCUT2D eigenvalue weighted by Crippen LogP contribution is -2.18. The lowest BCUT2D eigenvalue weighted by molar-refractivity contribution is 0.220. The Bertz CT molecular complexity index is 697. The first-order chi connectivity index (χ1) is 9.88. The largest absolute Gasteiger partial charge is 0.492 e. The van der Waals surface area contributed by atoms with E-state index in [0.29, 0.717) is 11.6 Å². The van der Waals surface area contributed by atoms with Crippen molar-refractivity contribution in [3.05, 3.63) is 62.6 Å². The van der Waals surface area contributed by atoms with Crippen molar-refractivity contribution in [2.75, 3.05) is 6.61 Å². The Morgan fingerprint density at radius 3 is 2.57 bits per heavy atom. The Kier molecular flexibility index (Phi) is 3.76. The summed E-state index contributed by atoms with van der Waals surface area (Å²) in [6, 6.07) is 11.4. The predicted octanol–water partition coefficient (Wildman–Crippen LogP) is 4.85. The molecular weight excluding hydrogens is 352 g/mol. The summed E-state index contributed by atoms with van der Waals surface area (Å²) >= 11 is 9.39. The second-order valence-corrected chi connectivity index (χ2v) is 7.27. The molecule has 1 N–H and O–H groups in total. The molecule has 4 heteroatoms. The fourth-order valence-electron chi connectivity index (χ4n) is 2.58. The summed E-state index contributed by atoms with van der Waals surface area (Å²) < 4.78 is 6.47. The fraction of sp³-hybridized carbons (Fsp3) is 0.294. The van der Waals surface area contributed by atoms with Crippen molar-refractivity contribution in [1.82, 2.24) is 0 Å². The van der Waals surface area contributed by atoms with Crippen LogP contribution in [0.1, 0.15) is 36.6 Å². The van der Waals surface area contributed by atoms with E-state index in [1.165, 1.54) is 0 Å². The van der Waals surface area contributed by atoms with Gasteiger partial charge in [0.1, 0.15) is 11.9 Å². The lowest BCUT2D eigenvalue weighted by atomic mass is 9.85. The molecule has 3 rings (SSSR count). The normalized spacial score (nSPS) is 17.2. The first-order valence-corrected chi connectivity index (χ1v) is 7.96. The van der Waals surface area contributed by atoms with Crippen LogP contribution in [0.4, 0.5) is 0 Å². The summed E-state index contributed by atoms with van der Waals surface area (Å²) in [5, 5.41) is 11.2. The second-order valence-electron chi connectivity index (χ2n) is 6.00. The zero-order chi connectivity index (χ0) is 15.2. The summed E-state index contributed by atoms with van der Waals surface area (Å²) in [6.07, 6.45) is -0.680. The summed E-state index contributed by atoms with van der Waals surface area (Å²) in [5.74, 6) is 0.910. The smallest absolute Gasteiger partial charge is 0.123 e. The van der Waals surface area contributed by atoms with Gasteiger partial charge < -0.3 is 9.84 Å². The molecule has 1 heterocycles. The van der Waals surface area contributed by atoms with E-state index in [-0.39, 0.29) is 5.41 Å². The zero-order valence-electron chi connectivity index (χ0n) is 11.9. The molecule has 2 aromatic carbocycles. The van der Waals surface area contributed by atoms with Crippen molar-refractivity contribution < 1.29 is 9.84 Å². The maximum Gasteiger partial charge on any atom is 0.123 e. The molecule has 0 aromatic heterocycles. The molecule has 2 nitrogen and oxygen atoms in total. The minimum Gasteiger partial charge on any atom is -0.492 e. The van der Waals surface area contributed by atoms with Crippen LogP contribution in [0, 0.1) is 0 Å². The number of hydrogen-bond donors (Lipinski definition) is 1. The molecule has 21 heavy (non-hydrogen) atoms. The minimum absolute atomic E-state index is 0.0222. The van der Waals surface area contributed by atoms with Crippen LogP contribution in [0.25, 0.3) is 0 Å². The average Bonchev–Trinajstić information content (AvgIpc) is 2.76. The van der Waals surface area contributed by atoms with E-state index >= 15 is 0 Å². The van der Waals surface area contributed by atoms with Gasteiger partial charge in [0, 0.05) is 15.5 Å². The number of aliphatic hydroxyl groups excluding tert-OH is 1. The van der Waals surface area contributed by atoms with Gasteiger partial charge in [-0.1, -0.05) is 37.6 Å². The minimum atomic E-state index is -0.680. The third-order valence-electron chi connectivity index (χ3n) is 3.90. The zero-order valence-corrected chi connectivity index (χ0v) is 14.2. The Morgan fingerprint density at radius 2 is 1.86 bits per heavy atom. The van der Waals surface area contributed by atoms with E-state index in [9.17, 15) is 5.11 Å². The van der Waals surface area contributed by atoms with Crippen molar-refractivity contribution >= 4 is 27.5 Å². The molecule has 0 saturated carbocycles. The van der Waals surface area contributed by atoms with Crippen LogP contribution >= 0.6 is 27.5 Å². The van der Waals surface area contributed by atoms with Gasteiger partial charge in [-0.15, -0.1) is 0 Å². The lowest BCUT2D eigenvalue weighted by Gasteiger charge is -2.18. The van der Waals surface area contributed by atoms with Gasteiger partial charge in [0.25, 0.3) is 0 Å². The van der Waals surface area contributed by atoms with Crippen LogP contribution in [0.2, 0.25) is 5.02 Å². The van der Waals surface area contributed by atoms with Crippen molar-refractivity contribution in [3.8, 4) is 5.75 Å². The fourth-order valence-corrected chi connectivity index (χ4v) is 3.10. The Morgan fingerprint density at radius 1 is 1.19 bits per heavy atom. The maximum absolute atomic E-state index is 10.6. The van der Waals surface area contributed by atoms with Gasteiger partial charge in [-0.3, -0.25) is 0 Å². The standard InChI is InChI=1S/C17H16BrClO2/c1-17(2)9-21-15-6-4-10(7-12(15)17)16(20)11-3-5-14(19)13(18)8-11/h3-8,16,20H,9H2,1-2H3. The highest BCUT2D eigenvalue weighted by molar-refractivity contribution is 9.10. The van der Waals surface area contributed by atoms with Crippen molar-refractivity contribution in [1.29, 1.82) is 0 Å². The summed E-state index contributed by atoms with van der Waals surface area (Å²) in [4.78, 5) is 0. The second kappa shape index (κ2) is 5.31. The number of benzene rings is 2.